The molecular formula is C15H25BrN2O3S. The molecule has 22 heavy (non-hydrogen) atoms. The van der Waals surface area contributed by atoms with Gasteiger partial charge in [-0.15, -0.1) is 0 Å². The predicted octanol–water partition coefficient (Wildman–Crippen LogP) is 2.81. The summed E-state index contributed by atoms with van der Waals surface area (Å²) in [7, 11) is -2.10. The Bertz CT molecular complexity index is 574. The first-order valence-corrected chi connectivity index (χ1v) is 9.69. The lowest BCUT2D eigenvalue weighted by atomic mass is 10.3. The second kappa shape index (κ2) is 8.86. The van der Waals surface area contributed by atoms with Crippen LogP contribution >= 0.6 is 15.9 Å². The average Bonchev–Trinajstić information content (AvgIpc) is 2.51. The number of hydrogen-bond donors (Lipinski definition) is 0. The number of nitrogens with zero attached hydrogens (tertiary/aromatic N) is 2. The number of halogens is 1. The zero-order valence-corrected chi connectivity index (χ0v) is 16.1. The van der Waals surface area contributed by atoms with Crippen LogP contribution < -0.4 is 4.74 Å². The largest absolute Gasteiger partial charge is 0.495 e. The van der Waals surface area contributed by atoms with Gasteiger partial charge in [0.25, 0.3) is 0 Å². The summed E-state index contributed by atoms with van der Waals surface area (Å²) in [5.41, 5.74) is 0. The van der Waals surface area contributed by atoms with Crippen LogP contribution in [0.15, 0.2) is 27.6 Å². The summed E-state index contributed by atoms with van der Waals surface area (Å²) in [6.45, 7) is 9.44. The van der Waals surface area contributed by atoms with Crippen molar-refractivity contribution in [2.24, 2.45) is 0 Å². The van der Waals surface area contributed by atoms with Crippen molar-refractivity contribution in [2.75, 3.05) is 39.8 Å². The fourth-order valence-corrected chi connectivity index (χ4v) is 4.37. The van der Waals surface area contributed by atoms with Gasteiger partial charge in [0.2, 0.25) is 10.0 Å². The summed E-state index contributed by atoms with van der Waals surface area (Å²) >= 11 is 3.33. The molecule has 7 heteroatoms. The zero-order chi connectivity index (χ0) is 16.8. The first-order chi connectivity index (χ1) is 10.4. The molecular weight excluding hydrogens is 368 g/mol. The van der Waals surface area contributed by atoms with Gasteiger partial charge < -0.3 is 9.64 Å². The lowest BCUT2D eigenvalue weighted by Crippen LogP contribution is -2.38. The van der Waals surface area contributed by atoms with E-state index in [-0.39, 0.29) is 4.90 Å². The number of ether oxygens (including phenoxy) is 1. The van der Waals surface area contributed by atoms with Gasteiger partial charge in [-0.2, -0.15) is 4.31 Å². The first kappa shape index (κ1) is 19.4. The molecule has 0 fully saturated rings. The maximum Gasteiger partial charge on any atom is 0.246 e. The first-order valence-electron chi connectivity index (χ1n) is 7.46. The Morgan fingerprint density at radius 2 is 1.73 bits per heavy atom. The van der Waals surface area contributed by atoms with Crippen molar-refractivity contribution in [3.8, 4) is 5.75 Å². The minimum absolute atomic E-state index is 0.200. The number of methoxy groups -OCH3 is 1. The number of benzene rings is 1. The molecule has 126 valence electrons. The van der Waals surface area contributed by atoms with Gasteiger partial charge in [0.05, 0.1) is 7.11 Å². The third-order valence-electron chi connectivity index (χ3n) is 3.66. The van der Waals surface area contributed by atoms with Crippen LogP contribution in [0.3, 0.4) is 0 Å². The highest BCUT2D eigenvalue weighted by Gasteiger charge is 2.27. The number of hydrogen-bond acceptors (Lipinski definition) is 4. The van der Waals surface area contributed by atoms with Crippen molar-refractivity contribution in [3.63, 3.8) is 0 Å². The highest BCUT2D eigenvalue weighted by Crippen LogP contribution is 2.29. The molecule has 5 nitrogen and oxygen atoms in total. The van der Waals surface area contributed by atoms with Crippen LogP contribution in [0.2, 0.25) is 0 Å². The van der Waals surface area contributed by atoms with Gasteiger partial charge in [-0.3, -0.25) is 0 Å². The molecule has 1 aromatic carbocycles. The molecule has 0 aliphatic heterocycles. The van der Waals surface area contributed by atoms with Gasteiger partial charge in [0, 0.05) is 24.1 Å². The van der Waals surface area contributed by atoms with Crippen LogP contribution in [0, 0.1) is 0 Å². The van der Waals surface area contributed by atoms with Gasteiger partial charge >= 0.3 is 0 Å². The van der Waals surface area contributed by atoms with E-state index in [0.717, 1.165) is 19.6 Å². The number of sulfonamides is 1. The summed E-state index contributed by atoms with van der Waals surface area (Å²) in [4.78, 5) is 2.40. The molecule has 0 amide bonds. The van der Waals surface area contributed by atoms with Crippen LogP contribution in [-0.2, 0) is 10.0 Å². The van der Waals surface area contributed by atoms with Gasteiger partial charge in [-0.25, -0.2) is 8.42 Å². The maximum absolute atomic E-state index is 12.9. The molecule has 0 unspecified atom stereocenters. The number of rotatable bonds is 9. The van der Waals surface area contributed by atoms with E-state index in [1.54, 1.807) is 18.2 Å². The van der Waals surface area contributed by atoms with Crippen LogP contribution in [0.4, 0.5) is 0 Å². The van der Waals surface area contributed by atoms with E-state index in [4.69, 9.17) is 4.74 Å². The Hall–Kier alpha value is -0.630. The monoisotopic (exact) mass is 392 g/mol. The lowest BCUT2D eigenvalue weighted by Gasteiger charge is -2.25. The molecule has 0 bridgehead atoms. The highest BCUT2D eigenvalue weighted by atomic mass is 79.9. The van der Waals surface area contributed by atoms with E-state index < -0.39 is 10.0 Å². The molecule has 0 aliphatic rings. The van der Waals surface area contributed by atoms with E-state index in [9.17, 15) is 8.42 Å². The smallest absolute Gasteiger partial charge is 0.246 e. The van der Waals surface area contributed by atoms with Gasteiger partial charge in [0.15, 0.2) is 0 Å². The summed E-state index contributed by atoms with van der Waals surface area (Å²) in [6, 6.07) is 5.02. The van der Waals surface area contributed by atoms with Crippen LogP contribution in [0.25, 0.3) is 0 Å². The van der Waals surface area contributed by atoms with Crippen LogP contribution in [-0.4, -0.2) is 57.5 Å². The van der Waals surface area contributed by atoms with Crippen molar-refractivity contribution >= 4 is 26.0 Å². The lowest BCUT2D eigenvalue weighted by molar-refractivity contribution is 0.273. The van der Waals surface area contributed by atoms with Crippen LogP contribution in [0.1, 0.15) is 20.8 Å². The van der Waals surface area contributed by atoms with Crippen LogP contribution in [0.5, 0.6) is 5.75 Å². The molecule has 0 N–H and O–H groups in total. The molecule has 0 aromatic heterocycles. The molecule has 0 radical (unpaired) electrons. The van der Waals surface area contributed by atoms with Gasteiger partial charge in [-0.05, 0) is 31.3 Å². The van der Waals surface area contributed by atoms with Crippen molar-refractivity contribution in [1.82, 2.24) is 9.21 Å². The molecule has 1 rings (SSSR count). The summed E-state index contributed by atoms with van der Waals surface area (Å²) in [5.74, 6) is 0.365. The normalized spacial score (nSPS) is 12.1. The zero-order valence-electron chi connectivity index (χ0n) is 13.7. The summed E-state index contributed by atoms with van der Waals surface area (Å²) < 4.78 is 33.2. The minimum Gasteiger partial charge on any atom is -0.495 e. The van der Waals surface area contributed by atoms with E-state index in [1.165, 1.54) is 11.4 Å². The Morgan fingerprint density at radius 1 is 1.09 bits per heavy atom. The second-order valence-corrected chi connectivity index (χ2v) is 7.64. The molecule has 0 saturated heterocycles. The highest BCUT2D eigenvalue weighted by molar-refractivity contribution is 9.10. The third kappa shape index (κ3) is 4.68. The van der Waals surface area contributed by atoms with E-state index in [0.29, 0.717) is 23.3 Å². The van der Waals surface area contributed by atoms with Crippen molar-refractivity contribution in [3.05, 3.63) is 22.7 Å². The average molecular weight is 393 g/mol. The molecule has 0 aliphatic carbocycles. The Morgan fingerprint density at radius 3 is 2.23 bits per heavy atom. The fourth-order valence-electron chi connectivity index (χ4n) is 2.23. The molecule has 0 spiro atoms. The van der Waals surface area contributed by atoms with E-state index in [2.05, 4.69) is 34.7 Å². The van der Waals surface area contributed by atoms with Gasteiger partial charge in [0.1, 0.15) is 10.6 Å². The van der Waals surface area contributed by atoms with Crippen molar-refractivity contribution in [2.45, 2.75) is 25.7 Å². The Balaban J connectivity index is 3.06. The predicted molar refractivity (Wildman–Crippen MR) is 92.9 cm³/mol. The number of likely N-dealkylation sites (N-methyl/N-ethyl adjacent to an activating group) is 2. The minimum atomic E-state index is -3.58. The Labute approximate surface area is 142 Å². The molecule has 0 saturated carbocycles. The third-order valence-corrected chi connectivity index (χ3v) is 6.14. The van der Waals surface area contributed by atoms with E-state index in [1.807, 2.05) is 6.92 Å². The fraction of sp³-hybridized carbons (Fsp3) is 0.600. The topological polar surface area (TPSA) is 49.9 Å². The van der Waals surface area contributed by atoms with Crippen molar-refractivity contribution in [1.29, 1.82) is 0 Å². The summed E-state index contributed by atoms with van der Waals surface area (Å²) in [5, 5.41) is 0. The SMILES string of the molecule is CCN(CC)CCN(CC)S(=O)(=O)c1cc(Br)ccc1OC. The van der Waals surface area contributed by atoms with Gasteiger partial charge in [-0.1, -0.05) is 36.7 Å². The second-order valence-electron chi connectivity index (χ2n) is 4.82. The van der Waals surface area contributed by atoms with E-state index >= 15 is 0 Å². The summed E-state index contributed by atoms with van der Waals surface area (Å²) in [6.07, 6.45) is 0. The molecule has 0 heterocycles. The molecule has 1 aromatic rings. The standard InChI is InChI=1S/C15H25BrN2O3S/c1-5-17(6-2)10-11-18(7-3)22(19,20)15-12-13(16)8-9-14(15)21-4/h8-9,12H,5-7,10-11H2,1-4H3. The van der Waals surface area contributed by atoms with Crippen molar-refractivity contribution < 1.29 is 13.2 Å². The Kier molecular flexibility index (Phi) is 7.82. The molecule has 0 atom stereocenters. The quantitative estimate of drug-likeness (QED) is 0.648. The maximum atomic E-state index is 12.9.